The summed E-state index contributed by atoms with van der Waals surface area (Å²) in [6.07, 6.45) is -3.08. The van der Waals surface area contributed by atoms with Crippen LogP contribution in [0.15, 0.2) is 48.7 Å². The third kappa shape index (κ3) is 3.36. The Morgan fingerprint density at radius 2 is 1.91 bits per heavy atom. The van der Waals surface area contributed by atoms with E-state index in [4.69, 9.17) is 0 Å². The highest BCUT2D eigenvalue weighted by Gasteiger charge is 2.36. The van der Waals surface area contributed by atoms with Crippen LogP contribution in [0.5, 0.6) is 0 Å². The van der Waals surface area contributed by atoms with Gasteiger partial charge in [-0.3, -0.25) is 9.78 Å². The van der Waals surface area contributed by atoms with E-state index < -0.39 is 17.7 Å². The third-order valence-corrected chi connectivity index (χ3v) is 4.12. The Balaban J connectivity index is 1.84. The number of rotatable bonds is 3. The van der Waals surface area contributed by atoms with E-state index >= 15 is 0 Å². The Hall–Kier alpha value is -2.37. The summed E-state index contributed by atoms with van der Waals surface area (Å²) >= 11 is 0. The Kier molecular flexibility index (Phi) is 4.07. The quantitative estimate of drug-likeness (QED) is 0.944. The lowest BCUT2D eigenvalue weighted by Crippen LogP contribution is -2.22. The number of carbonyl (C=O) groups excluding carboxylic acids is 1. The Labute approximate surface area is 131 Å². The number of hydrogen-bond donors (Lipinski definition) is 1. The molecule has 120 valence electrons. The molecule has 1 aromatic heterocycles. The zero-order chi connectivity index (χ0) is 16.4. The summed E-state index contributed by atoms with van der Waals surface area (Å²) in [7, 11) is 0. The van der Waals surface area contributed by atoms with Gasteiger partial charge in [0, 0.05) is 30.8 Å². The molecule has 3 nitrogen and oxygen atoms in total. The lowest BCUT2D eigenvalue weighted by Gasteiger charge is -2.17. The van der Waals surface area contributed by atoms with Gasteiger partial charge < -0.3 is 5.32 Å². The van der Waals surface area contributed by atoms with E-state index in [1.54, 1.807) is 0 Å². The number of benzene rings is 1. The van der Waals surface area contributed by atoms with E-state index in [-0.39, 0.29) is 23.9 Å². The smallest absolute Gasteiger partial charge is 0.355 e. The summed E-state index contributed by atoms with van der Waals surface area (Å²) in [4.78, 5) is 16.1. The molecule has 2 atom stereocenters. The number of hydrogen-bond acceptors (Lipinski definition) is 2. The molecule has 1 aromatic carbocycles. The van der Waals surface area contributed by atoms with Crippen molar-refractivity contribution in [2.45, 2.75) is 18.5 Å². The van der Waals surface area contributed by atoms with Crippen molar-refractivity contribution in [2.24, 2.45) is 5.92 Å². The van der Waals surface area contributed by atoms with Crippen molar-refractivity contribution in [3.05, 3.63) is 65.5 Å². The summed E-state index contributed by atoms with van der Waals surface area (Å²) in [5, 5.41) is 2.79. The van der Waals surface area contributed by atoms with E-state index in [0.717, 1.165) is 23.9 Å². The van der Waals surface area contributed by atoms with E-state index in [1.807, 2.05) is 30.3 Å². The average Bonchev–Trinajstić information content (AvgIpc) is 2.89. The largest absolute Gasteiger partial charge is 0.416 e. The number of alkyl halides is 3. The third-order valence-electron chi connectivity index (χ3n) is 4.12. The first-order valence-electron chi connectivity index (χ1n) is 7.30. The van der Waals surface area contributed by atoms with E-state index in [0.29, 0.717) is 6.54 Å². The van der Waals surface area contributed by atoms with Gasteiger partial charge >= 0.3 is 6.18 Å². The zero-order valence-corrected chi connectivity index (χ0v) is 12.2. The van der Waals surface area contributed by atoms with Crippen LogP contribution in [0.1, 0.15) is 22.7 Å². The van der Waals surface area contributed by atoms with Gasteiger partial charge in [-0.25, -0.2) is 0 Å². The van der Waals surface area contributed by atoms with Crippen LogP contribution in [-0.4, -0.2) is 17.4 Å². The second-order valence-electron chi connectivity index (χ2n) is 5.61. The Morgan fingerprint density at radius 1 is 1.17 bits per heavy atom. The molecular weight excluding hydrogens is 305 g/mol. The molecular formula is C17H15F3N2O. The summed E-state index contributed by atoms with van der Waals surface area (Å²) in [6, 6.07) is 11.5. The van der Waals surface area contributed by atoms with Gasteiger partial charge in [0.05, 0.1) is 11.5 Å². The van der Waals surface area contributed by atoms with Crippen LogP contribution in [0.3, 0.4) is 0 Å². The van der Waals surface area contributed by atoms with Crippen molar-refractivity contribution in [1.82, 2.24) is 10.3 Å². The Bertz CT molecular complexity index is 700. The predicted molar refractivity (Wildman–Crippen MR) is 78.6 cm³/mol. The van der Waals surface area contributed by atoms with Crippen molar-refractivity contribution in [3.8, 4) is 0 Å². The summed E-state index contributed by atoms with van der Waals surface area (Å²) in [5.74, 6) is -0.605. The molecule has 2 heterocycles. The van der Waals surface area contributed by atoms with Gasteiger partial charge in [-0.1, -0.05) is 30.3 Å². The highest BCUT2D eigenvalue weighted by molar-refractivity contribution is 5.82. The summed E-state index contributed by atoms with van der Waals surface area (Å²) in [5.41, 5.74) is 0.544. The minimum absolute atomic E-state index is 0.0555. The monoisotopic (exact) mass is 320 g/mol. The van der Waals surface area contributed by atoms with E-state index in [2.05, 4.69) is 10.3 Å². The highest BCUT2D eigenvalue weighted by Crippen LogP contribution is 2.33. The molecule has 6 heteroatoms. The molecule has 0 saturated carbocycles. The second-order valence-corrected chi connectivity index (χ2v) is 5.61. The Morgan fingerprint density at radius 3 is 2.61 bits per heavy atom. The van der Waals surface area contributed by atoms with Crippen molar-refractivity contribution >= 4 is 5.91 Å². The van der Waals surface area contributed by atoms with Gasteiger partial charge in [0.2, 0.25) is 5.91 Å². The highest BCUT2D eigenvalue weighted by atomic mass is 19.4. The number of carbonyl (C=O) groups is 1. The fourth-order valence-corrected chi connectivity index (χ4v) is 2.94. The molecule has 0 radical (unpaired) electrons. The molecule has 0 aliphatic carbocycles. The van der Waals surface area contributed by atoms with Gasteiger partial charge in [-0.05, 0) is 17.7 Å². The lowest BCUT2D eigenvalue weighted by atomic mass is 9.85. The minimum atomic E-state index is -4.41. The molecule has 1 aliphatic heterocycles. The van der Waals surface area contributed by atoms with Gasteiger partial charge in [-0.2, -0.15) is 13.2 Å². The van der Waals surface area contributed by atoms with Gasteiger partial charge in [0.1, 0.15) is 0 Å². The maximum Gasteiger partial charge on any atom is 0.416 e. The first-order valence-corrected chi connectivity index (χ1v) is 7.30. The van der Waals surface area contributed by atoms with Crippen LogP contribution < -0.4 is 5.32 Å². The molecule has 0 spiro atoms. The van der Waals surface area contributed by atoms with Crippen LogP contribution in [0.25, 0.3) is 0 Å². The van der Waals surface area contributed by atoms with Crippen molar-refractivity contribution < 1.29 is 18.0 Å². The van der Waals surface area contributed by atoms with Gasteiger partial charge in [-0.15, -0.1) is 0 Å². The fraction of sp³-hybridized carbons (Fsp3) is 0.294. The predicted octanol–water partition coefficient (Wildman–Crippen LogP) is 3.17. The SMILES string of the molecule is O=C1NC[C@H](c2ccccc2)[C@H]1Cc1cc(C(F)(F)F)ccn1. The van der Waals surface area contributed by atoms with Crippen LogP contribution in [0.4, 0.5) is 13.2 Å². The van der Waals surface area contributed by atoms with Gasteiger partial charge in [0.15, 0.2) is 0 Å². The number of pyridine rings is 1. The van der Waals surface area contributed by atoms with Crippen molar-refractivity contribution in [3.63, 3.8) is 0 Å². The van der Waals surface area contributed by atoms with Crippen LogP contribution in [-0.2, 0) is 17.4 Å². The average molecular weight is 320 g/mol. The molecule has 3 rings (SSSR count). The molecule has 1 saturated heterocycles. The second kappa shape index (κ2) is 6.02. The van der Waals surface area contributed by atoms with Gasteiger partial charge in [0.25, 0.3) is 0 Å². The van der Waals surface area contributed by atoms with Crippen molar-refractivity contribution in [1.29, 1.82) is 0 Å². The van der Waals surface area contributed by atoms with Crippen LogP contribution in [0.2, 0.25) is 0 Å². The summed E-state index contributed by atoms with van der Waals surface area (Å²) < 4.78 is 38.4. The van der Waals surface area contributed by atoms with Crippen molar-refractivity contribution in [2.75, 3.05) is 6.54 Å². The topological polar surface area (TPSA) is 42.0 Å². The maximum absolute atomic E-state index is 12.8. The molecule has 1 aliphatic rings. The molecule has 0 bridgehead atoms. The normalized spacial score (nSPS) is 21.3. The number of aromatic nitrogens is 1. The fourth-order valence-electron chi connectivity index (χ4n) is 2.94. The van der Waals surface area contributed by atoms with Crippen LogP contribution in [0, 0.1) is 5.92 Å². The number of nitrogens with one attached hydrogen (secondary N) is 1. The number of nitrogens with zero attached hydrogens (tertiary/aromatic N) is 1. The molecule has 1 amide bonds. The minimum Gasteiger partial charge on any atom is -0.355 e. The molecule has 0 unspecified atom stereocenters. The first-order chi connectivity index (χ1) is 10.9. The maximum atomic E-state index is 12.8. The lowest BCUT2D eigenvalue weighted by molar-refractivity contribution is -0.137. The van der Waals surface area contributed by atoms with E-state index in [9.17, 15) is 18.0 Å². The zero-order valence-electron chi connectivity index (χ0n) is 12.2. The standard InChI is InChI=1S/C17H15F3N2O/c18-17(19,20)12-6-7-21-13(8-12)9-14-15(10-22-16(14)23)11-4-2-1-3-5-11/h1-8,14-15H,9-10H2,(H,22,23)/t14-,15-/m1/s1. The molecule has 1 N–H and O–H groups in total. The van der Waals surface area contributed by atoms with E-state index in [1.165, 1.54) is 0 Å². The molecule has 2 aromatic rings. The number of amides is 1. The molecule has 1 fully saturated rings. The van der Waals surface area contributed by atoms with Crippen LogP contribution >= 0.6 is 0 Å². The number of halogens is 3. The summed E-state index contributed by atoms with van der Waals surface area (Å²) in [6.45, 7) is 0.493. The molecule has 23 heavy (non-hydrogen) atoms. The first kappa shape index (κ1) is 15.5.